The summed E-state index contributed by atoms with van der Waals surface area (Å²) in [5.74, 6) is -0.372. The Bertz CT molecular complexity index is 594. The standard InChI is InChI=1S/C16H19ClFNS/c1-4-7-19-15(16-10(2)8-11(3)20-16)12-5-6-14(18)13(17)9-12/h5-6,8-9,15,19H,4,7H2,1-3H3. The summed E-state index contributed by atoms with van der Waals surface area (Å²) in [5, 5.41) is 3.71. The molecule has 0 spiro atoms. The highest BCUT2D eigenvalue weighted by atomic mass is 35.5. The maximum atomic E-state index is 13.4. The molecular weight excluding hydrogens is 293 g/mol. The van der Waals surface area contributed by atoms with Gasteiger partial charge in [-0.2, -0.15) is 0 Å². The van der Waals surface area contributed by atoms with Crippen molar-refractivity contribution in [2.24, 2.45) is 0 Å². The highest BCUT2D eigenvalue weighted by Crippen LogP contribution is 2.33. The summed E-state index contributed by atoms with van der Waals surface area (Å²) < 4.78 is 13.4. The highest BCUT2D eigenvalue weighted by Gasteiger charge is 2.18. The molecule has 1 atom stereocenters. The van der Waals surface area contributed by atoms with Crippen LogP contribution in [0, 0.1) is 19.7 Å². The summed E-state index contributed by atoms with van der Waals surface area (Å²) in [5.41, 5.74) is 2.27. The van der Waals surface area contributed by atoms with Crippen molar-refractivity contribution in [3.05, 3.63) is 56.0 Å². The summed E-state index contributed by atoms with van der Waals surface area (Å²) in [6.45, 7) is 7.27. The first-order valence-corrected chi connectivity index (χ1v) is 7.97. The van der Waals surface area contributed by atoms with Crippen molar-refractivity contribution in [3.63, 3.8) is 0 Å². The van der Waals surface area contributed by atoms with Gasteiger partial charge in [0, 0.05) is 9.75 Å². The molecule has 20 heavy (non-hydrogen) atoms. The summed E-state index contributed by atoms with van der Waals surface area (Å²) in [7, 11) is 0. The van der Waals surface area contributed by atoms with Crippen LogP contribution in [-0.2, 0) is 0 Å². The molecule has 4 heteroatoms. The Kier molecular flexibility index (Phi) is 5.19. The maximum Gasteiger partial charge on any atom is 0.141 e. The average Bonchev–Trinajstić information content (AvgIpc) is 2.73. The van der Waals surface area contributed by atoms with Crippen LogP contribution in [0.25, 0.3) is 0 Å². The number of aryl methyl sites for hydroxylation is 2. The number of benzene rings is 1. The van der Waals surface area contributed by atoms with Gasteiger partial charge in [0.1, 0.15) is 5.82 Å². The van der Waals surface area contributed by atoms with Gasteiger partial charge in [0.15, 0.2) is 0 Å². The Morgan fingerprint density at radius 1 is 1.30 bits per heavy atom. The summed E-state index contributed by atoms with van der Waals surface area (Å²) in [6.07, 6.45) is 1.05. The van der Waals surface area contributed by atoms with Crippen molar-refractivity contribution in [2.45, 2.75) is 33.2 Å². The van der Waals surface area contributed by atoms with Crippen LogP contribution in [0.15, 0.2) is 24.3 Å². The van der Waals surface area contributed by atoms with E-state index < -0.39 is 0 Å². The van der Waals surface area contributed by atoms with E-state index in [2.05, 4.69) is 32.2 Å². The third kappa shape index (κ3) is 3.40. The normalized spacial score (nSPS) is 12.7. The van der Waals surface area contributed by atoms with E-state index in [1.165, 1.54) is 21.4 Å². The van der Waals surface area contributed by atoms with Gasteiger partial charge in [-0.05, 0) is 56.1 Å². The van der Waals surface area contributed by atoms with Crippen molar-refractivity contribution in [3.8, 4) is 0 Å². The monoisotopic (exact) mass is 311 g/mol. The molecular formula is C16H19ClFNS. The Labute approximate surface area is 128 Å². The van der Waals surface area contributed by atoms with Crippen LogP contribution in [0.1, 0.15) is 40.3 Å². The predicted molar refractivity (Wildman–Crippen MR) is 85.3 cm³/mol. The SMILES string of the molecule is CCCNC(c1ccc(F)c(Cl)c1)c1sc(C)cc1C. The first-order valence-electron chi connectivity index (χ1n) is 6.78. The van der Waals surface area contributed by atoms with Gasteiger partial charge >= 0.3 is 0 Å². The molecule has 1 unspecified atom stereocenters. The van der Waals surface area contributed by atoms with Gasteiger partial charge in [0.2, 0.25) is 0 Å². The fraction of sp³-hybridized carbons (Fsp3) is 0.375. The quantitative estimate of drug-likeness (QED) is 0.795. The minimum Gasteiger partial charge on any atom is -0.306 e. The number of hydrogen-bond donors (Lipinski definition) is 1. The van der Waals surface area contributed by atoms with Gasteiger partial charge in [0.05, 0.1) is 11.1 Å². The van der Waals surface area contributed by atoms with Gasteiger partial charge < -0.3 is 5.32 Å². The maximum absolute atomic E-state index is 13.4. The summed E-state index contributed by atoms with van der Waals surface area (Å²) in [6, 6.07) is 7.23. The Hall–Kier alpha value is -0.900. The van der Waals surface area contributed by atoms with Crippen LogP contribution < -0.4 is 5.32 Å². The van der Waals surface area contributed by atoms with Crippen LogP contribution in [-0.4, -0.2) is 6.54 Å². The molecule has 0 saturated heterocycles. The zero-order valence-electron chi connectivity index (χ0n) is 12.0. The second-order valence-corrected chi connectivity index (χ2v) is 6.66. The lowest BCUT2D eigenvalue weighted by molar-refractivity contribution is 0.597. The third-order valence-corrected chi connectivity index (χ3v) is 4.72. The molecule has 0 aliphatic heterocycles. The first-order chi connectivity index (χ1) is 9.52. The van der Waals surface area contributed by atoms with Crippen LogP contribution in [0.5, 0.6) is 0 Å². The van der Waals surface area contributed by atoms with E-state index in [9.17, 15) is 4.39 Å². The topological polar surface area (TPSA) is 12.0 Å². The van der Waals surface area contributed by atoms with E-state index in [1.54, 1.807) is 17.4 Å². The number of nitrogens with one attached hydrogen (secondary N) is 1. The molecule has 1 aromatic carbocycles. The smallest absolute Gasteiger partial charge is 0.141 e. The third-order valence-electron chi connectivity index (χ3n) is 3.22. The fourth-order valence-corrected chi connectivity index (χ4v) is 3.62. The van der Waals surface area contributed by atoms with Gasteiger partial charge in [-0.25, -0.2) is 4.39 Å². The van der Waals surface area contributed by atoms with Crippen LogP contribution in [0.3, 0.4) is 0 Å². The molecule has 2 rings (SSSR count). The molecule has 1 N–H and O–H groups in total. The molecule has 1 aromatic heterocycles. The molecule has 1 heterocycles. The van der Waals surface area contributed by atoms with Gasteiger partial charge in [-0.15, -0.1) is 11.3 Å². The van der Waals surface area contributed by atoms with E-state index in [4.69, 9.17) is 11.6 Å². The van der Waals surface area contributed by atoms with Crippen molar-refractivity contribution >= 4 is 22.9 Å². The van der Waals surface area contributed by atoms with Gasteiger partial charge in [-0.1, -0.05) is 24.6 Å². The minimum absolute atomic E-state index is 0.0757. The Morgan fingerprint density at radius 3 is 2.60 bits per heavy atom. The van der Waals surface area contributed by atoms with Crippen molar-refractivity contribution < 1.29 is 4.39 Å². The summed E-state index contributed by atoms with van der Waals surface area (Å²) in [4.78, 5) is 2.56. The van der Waals surface area contributed by atoms with Crippen LogP contribution in [0.4, 0.5) is 4.39 Å². The molecule has 0 aliphatic carbocycles. The van der Waals surface area contributed by atoms with Crippen molar-refractivity contribution in [1.29, 1.82) is 0 Å². The van der Waals surface area contributed by atoms with Gasteiger partial charge in [0.25, 0.3) is 0 Å². The van der Waals surface area contributed by atoms with E-state index >= 15 is 0 Å². The summed E-state index contributed by atoms with van der Waals surface area (Å²) >= 11 is 7.70. The Balaban J connectivity index is 2.41. The lowest BCUT2D eigenvalue weighted by atomic mass is 10.0. The first kappa shape index (κ1) is 15.5. The average molecular weight is 312 g/mol. The largest absolute Gasteiger partial charge is 0.306 e. The number of thiophene rings is 1. The molecule has 0 amide bonds. The van der Waals surface area contributed by atoms with Crippen LogP contribution in [0.2, 0.25) is 5.02 Å². The number of hydrogen-bond acceptors (Lipinski definition) is 2. The lowest BCUT2D eigenvalue weighted by Gasteiger charge is -2.19. The molecule has 0 radical (unpaired) electrons. The molecule has 2 aromatic rings. The minimum atomic E-state index is -0.372. The van der Waals surface area contributed by atoms with Gasteiger partial charge in [-0.3, -0.25) is 0 Å². The second-order valence-electron chi connectivity index (χ2n) is 4.96. The zero-order chi connectivity index (χ0) is 14.7. The van der Waals surface area contributed by atoms with E-state index in [0.717, 1.165) is 18.5 Å². The molecule has 1 nitrogen and oxygen atoms in total. The number of halogens is 2. The molecule has 0 saturated carbocycles. The molecule has 0 fully saturated rings. The Morgan fingerprint density at radius 2 is 2.05 bits per heavy atom. The van der Waals surface area contributed by atoms with Crippen molar-refractivity contribution in [2.75, 3.05) is 6.54 Å². The van der Waals surface area contributed by atoms with E-state index in [0.29, 0.717) is 0 Å². The van der Waals surface area contributed by atoms with Crippen molar-refractivity contribution in [1.82, 2.24) is 5.32 Å². The molecule has 0 aliphatic rings. The lowest BCUT2D eigenvalue weighted by Crippen LogP contribution is -2.23. The predicted octanol–water partition coefficient (Wildman–Crippen LogP) is 5.25. The second kappa shape index (κ2) is 6.70. The van der Waals surface area contributed by atoms with Crippen LogP contribution >= 0.6 is 22.9 Å². The molecule has 108 valence electrons. The fourth-order valence-electron chi connectivity index (χ4n) is 2.29. The van der Waals surface area contributed by atoms with E-state index in [1.807, 2.05) is 6.07 Å². The molecule has 0 bridgehead atoms. The highest BCUT2D eigenvalue weighted by molar-refractivity contribution is 7.12. The van der Waals surface area contributed by atoms with E-state index in [-0.39, 0.29) is 16.9 Å². The number of rotatable bonds is 5. The zero-order valence-corrected chi connectivity index (χ0v) is 13.5.